The average Bonchev–Trinajstić information content (AvgIpc) is 2.27. The quantitative estimate of drug-likeness (QED) is 0.870. The summed E-state index contributed by atoms with van der Waals surface area (Å²) in [4.78, 5) is 14.6. The summed E-state index contributed by atoms with van der Waals surface area (Å²) in [5, 5.41) is 8.92. The van der Waals surface area contributed by atoms with Gasteiger partial charge in [0.15, 0.2) is 5.69 Å². The standard InChI is InChI=1S/C12H7F2NO2/c13-8-4-7(5-9(14)6-8)10-2-1-3-15-11(10)12(16)17/h1-6H,(H,16,17). The van der Waals surface area contributed by atoms with Crippen LogP contribution in [0.25, 0.3) is 11.1 Å². The van der Waals surface area contributed by atoms with Crippen molar-refractivity contribution in [2.24, 2.45) is 0 Å². The third-order valence-electron chi connectivity index (χ3n) is 2.18. The SMILES string of the molecule is O=C(O)c1ncccc1-c1cc(F)cc(F)c1. The van der Waals surface area contributed by atoms with Gasteiger partial charge in [-0.1, -0.05) is 6.07 Å². The number of rotatable bonds is 2. The van der Waals surface area contributed by atoms with Gasteiger partial charge in [-0.3, -0.25) is 0 Å². The molecule has 1 heterocycles. The fraction of sp³-hybridized carbons (Fsp3) is 0. The Balaban J connectivity index is 2.64. The predicted octanol–water partition coefficient (Wildman–Crippen LogP) is 2.73. The molecular weight excluding hydrogens is 228 g/mol. The molecule has 0 bridgehead atoms. The number of benzene rings is 1. The average molecular weight is 235 g/mol. The molecule has 0 spiro atoms. The van der Waals surface area contributed by atoms with E-state index in [-0.39, 0.29) is 16.8 Å². The van der Waals surface area contributed by atoms with E-state index < -0.39 is 17.6 Å². The fourth-order valence-corrected chi connectivity index (χ4v) is 1.52. The second-order valence-corrected chi connectivity index (χ2v) is 3.36. The number of aromatic carboxylic acids is 1. The topological polar surface area (TPSA) is 50.2 Å². The lowest BCUT2D eigenvalue weighted by atomic mass is 10.0. The maximum atomic E-state index is 13.0. The van der Waals surface area contributed by atoms with Crippen molar-refractivity contribution in [1.29, 1.82) is 0 Å². The van der Waals surface area contributed by atoms with Gasteiger partial charge in [-0.05, 0) is 23.8 Å². The van der Waals surface area contributed by atoms with Crippen molar-refractivity contribution in [2.45, 2.75) is 0 Å². The lowest BCUT2D eigenvalue weighted by molar-refractivity contribution is 0.0691. The van der Waals surface area contributed by atoms with E-state index in [2.05, 4.69) is 4.98 Å². The van der Waals surface area contributed by atoms with Crippen LogP contribution < -0.4 is 0 Å². The minimum absolute atomic E-state index is 0.146. The highest BCUT2D eigenvalue weighted by Gasteiger charge is 2.13. The second-order valence-electron chi connectivity index (χ2n) is 3.36. The van der Waals surface area contributed by atoms with Gasteiger partial charge in [0.1, 0.15) is 11.6 Å². The van der Waals surface area contributed by atoms with Crippen LogP contribution >= 0.6 is 0 Å². The zero-order chi connectivity index (χ0) is 12.4. The van der Waals surface area contributed by atoms with Gasteiger partial charge in [-0.15, -0.1) is 0 Å². The predicted molar refractivity (Wildman–Crippen MR) is 56.5 cm³/mol. The van der Waals surface area contributed by atoms with Gasteiger partial charge in [0, 0.05) is 17.8 Å². The van der Waals surface area contributed by atoms with E-state index in [4.69, 9.17) is 5.11 Å². The molecule has 2 aromatic rings. The van der Waals surface area contributed by atoms with Gasteiger partial charge in [-0.2, -0.15) is 0 Å². The molecule has 0 fully saturated rings. The van der Waals surface area contributed by atoms with Crippen LogP contribution in [-0.4, -0.2) is 16.1 Å². The Morgan fingerprint density at radius 2 is 1.82 bits per heavy atom. The largest absolute Gasteiger partial charge is 0.476 e. The van der Waals surface area contributed by atoms with Gasteiger partial charge in [0.2, 0.25) is 0 Å². The summed E-state index contributed by atoms with van der Waals surface area (Å²) in [5.74, 6) is -2.77. The molecule has 0 unspecified atom stereocenters. The first-order chi connectivity index (χ1) is 8.08. The molecule has 0 radical (unpaired) electrons. The van der Waals surface area contributed by atoms with Crippen molar-refractivity contribution in [3.8, 4) is 11.1 Å². The number of nitrogens with zero attached hydrogens (tertiary/aromatic N) is 1. The van der Waals surface area contributed by atoms with Crippen molar-refractivity contribution >= 4 is 5.97 Å². The van der Waals surface area contributed by atoms with Crippen LogP contribution in [0.2, 0.25) is 0 Å². The number of carboxylic acid groups (broad SMARTS) is 1. The van der Waals surface area contributed by atoms with Gasteiger partial charge < -0.3 is 5.11 Å². The Labute approximate surface area is 95.4 Å². The summed E-state index contributed by atoms with van der Waals surface area (Å²) >= 11 is 0. The highest BCUT2D eigenvalue weighted by molar-refractivity contribution is 5.93. The smallest absolute Gasteiger partial charge is 0.355 e. The second kappa shape index (κ2) is 4.29. The molecule has 0 aliphatic rings. The van der Waals surface area contributed by atoms with Crippen molar-refractivity contribution in [2.75, 3.05) is 0 Å². The maximum absolute atomic E-state index is 13.0. The molecule has 86 valence electrons. The maximum Gasteiger partial charge on any atom is 0.355 e. The summed E-state index contributed by atoms with van der Waals surface area (Å²) in [5.41, 5.74) is 0.0869. The van der Waals surface area contributed by atoms with Gasteiger partial charge in [-0.25, -0.2) is 18.6 Å². The molecule has 3 nitrogen and oxygen atoms in total. The third kappa shape index (κ3) is 2.28. The van der Waals surface area contributed by atoms with E-state index in [0.717, 1.165) is 18.2 Å². The van der Waals surface area contributed by atoms with Gasteiger partial charge >= 0.3 is 5.97 Å². The van der Waals surface area contributed by atoms with Gasteiger partial charge in [0.25, 0.3) is 0 Å². The lowest BCUT2D eigenvalue weighted by Gasteiger charge is -2.05. The molecule has 5 heteroatoms. The monoisotopic (exact) mass is 235 g/mol. The minimum Gasteiger partial charge on any atom is -0.476 e. The Bertz CT molecular complexity index is 564. The first-order valence-electron chi connectivity index (χ1n) is 4.72. The molecule has 2 rings (SSSR count). The highest BCUT2D eigenvalue weighted by Crippen LogP contribution is 2.24. The zero-order valence-electron chi connectivity index (χ0n) is 8.52. The first kappa shape index (κ1) is 11.2. The molecule has 0 saturated carbocycles. The Morgan fingerprint density at radius 3 is 2.41 bits per heavy atom. The van der Waals surface area contributed by atoms with Crippen molar-refractivity contribution in [3.63, 3.8) is 0 Å². The summed E-state index contributed by atoms with van der Waals surface area (Å²) in [6.07, 6.45) is 1.31. The van der Waals surface area contributed by atoms with Crippen molar-refractivity contribution in [1.82, 2.24) is 4.98 Å². The third-order valence-corrected chi connectivity index (χ3v) is 2.18. The number of carbonyl (C=O) groups is 1. The number of aromatic nitrogens is 1. The van der Waals surface area contributed by atoms with Crippen LogP contribution in [0.3, 0.4) is 0 Å². The highest BCUT2D eigenvalue weighted by atomic mass is 19.1. The van der Waals surface area contributed by atoms with Crippen LogP contribution in [0.1, 0.15) is 10.5 Å². The summed E-state index contributed by atoms with van der Waals surface area (Å²) < 4.78 is 26.1. The van der Waals surface area contributed by atoms with Crippen molar-refractivity contribution < 1.29 is 18.7 Å². The number of halogens is 2. The Hall–Kier alpha value is -2.30. The molecular formula is C12H7F2NO2. The fourth-order valence-electron chi connectivity index (χ4n) is 1.52. The molecule has 1 N–H and O–H groups in total. The molecule has 0 atom stereocenters. The van der Waals surface area contributed by atoms with Gasteiger partial charge in [0.05, 0.1) is 0 Å². The normalized spacial score (nSPS) is 10.2. The molecule has 17 heavy (non-hydrogen) atoms. The van der Waals surface area contributed by atoms with Crippen molar-refractivity contribution in [3.05, 3.63) is 53.9 Å². The van der Waals surface area contributed by atoms with Crippen LogP contribution in [-0.2, 0) is 0 Å². The van der Waals surface area contributed by atoms with E-state index in [1.165, 1.54) is 18.3 Å². The molecule has 0 aliphatic carbocycles. The van der Waals surface area contributed by atoms with Crippen LogP contribution in [0.15, 0.2) is 36.5 Å². The van der Waals surface area contributed by atoms with E-state index in [9.17, 15) is 13.6 Å². The molecule has 1 aromatic heterocycles. The van der Waals surface area contributed by atoms with E-state index in [0.29, 0.717) is 0 Å². The molecule has 0 aliphatic heterocycles. The first-order valence-corrected chi connectivity index (χ1v) is 4.72. The van der Waals surface area contributed by atoms with Crippen LogP contribution in [0, 0.1) is 11.6 Å². The summed E-state index contributed by atoms with van der Waals surface area (Å²) in [7, 11) is 0. The molecule has 0 saturated heterocycles. The lowest BCUT2D eigenvalue weighted by Crippen LogP contribution is -2.02. The van der Waals surface area contributed by atoms with Crippen LogP contribution in [0.4, 0.5) is 8.78 Å². The summed E-state index contributed by atoms with van der Waals surface area (Å²) in [6, 6.07) is 5.80. The minimum atomic E-state index is -1.25. The van der Waals surface area contributed by atoms with Crippen LogP contribution in [0.5, 0.6) is 0 Å². The number of carboxylic acids is 1. The number of pyridine rings is 1. The molecule has 0 amide bonds. The van der Waals surface area contributed by atoms with E-state index >= 15 is 0 Å². The van der Waals surface area contributed by atoms with E-state index in [1.807, 2.05) is 0 Å². The Kier molecular flexibility index (Phi) is 2.82. The number of hydrogen-bond donors (Lipinski definition) is 1. The van der Waals surface area contributed by atoms with E-state index in [1.54, 1.807) is 0 Å². The summed E-state index contributed by atoms with van der Waals surface area (Å²) in [6.45, 7) is 0. The Morgan fingerprint density at radius 1 is 1.18 bits per heavy atom. The zero-order valence-corrected chi connectivity index (χ0v) is 8.52. The molecule has 1 aromatic carbocycles. The number of hydrogen-bond acceptors (Lipinski definition) is 2.